The van der Waals surface area contributed by atoms with Crippen molar-refractivity contribution in [2.45, 2.75) is 40.0 Å². The molecule has 0 aliphatic carbocycles. The van der Waals surface area contributed by atoms with Gasteiger partial charge in [-0.1, -0.05) is 20.8 Å². The molecule has 0 fully saturated rings. The summed E-state index contributed by atoms with van der Waals surface area (Å²) in [7, 11) is 1.98. The fourth-order valence-electron chi connectivity index (χ4n) is 2.14. The molecule has 0 saturated carbocycles. The van der Waals surface area contributed by atoms with Crippen LogP contribution in [0.25, 0.3) is 0 Å². The predicted molar refractivity (Wildman–Crippen MR) is 82.9 cm³/mol. The van der Waals surface area contributed by atoms with Crippen molar-refractivity contribution < 1.29 is 0 Å². The lowest BCUT2D eigenvalue weighted by atomic mass is 10.0. The summed E-state index contributed by atoms with van der Waals surface area (Å²) in [6.45, 7) is 9.89. The molecule has 1 aromatic heterocycles. The number of nitrogens with zero attached hydrogens (tertiary/aromatic N) is 4. The normalized spacial score (nSPS) is 12.1. The van der Waals surface area contributed by atoms with Crippen molar-refractivity contribution in [2.75, 3.05) is 30.4 Å². The van der Waals surface area contributed by atoms with E-state index in [0.717, 1.165) is 30.2 Å². The quantitative estimate of drug-likeness (QED) is 0.828. The number of rotatable bonds is 7. The van der Waals surface area contributed by atoms with Crippen LogP contribution in [-0.2, 0) is 0 Å². The molecule has 0 bridgehead atoms. The van der Waals surface area contributed by atoms with Gasteiger partial charge in [-0.15, -0.1) is 0 Å². The van der Waals surface area contributed by atoms with Gasteiger partial charge in [0.1, 0.15) is 18.0 Å². The second-order valence-electron chi connectivity index (χ2n) is 5.45. The molecule has 0 amide bonds. The lowest BCUT2D eigenvalue weighted by Gasteiger charge is -2.25. The summed E-state index contributed by atoms with van der Waals surface area (Å²) in [6.07, 6.45) is 2.64. The highest BCUT2D eigenvalue weighted by Crippen LogP contribution is 2.30. The van der Waals surface area contributed by atoms with Gasteiger partial charge in [0.25, 0.3) is 0 Å². The molecular formula is C15H25N5. The van der Waals surface area contributed by atoms with Crippen LogP contribution in [0.4, 0.5) is 11.6 Å². The molecule has 5 nitrogen and oxygen atoms in total. The van der Waals surface area contributed by atoms with Gasteiger partial charge in [-0.2, -0.15) is 5.26 Å². The van der Waals surface area contributed by atoms with Crippen LogP contribution in [0.2, 0.25) is 0 Å². The lowest BCUT2D eigenvalue weighted by Crippen LogP contribution is -2.26. The van der Waals surface area contributed by atoms with E-state index in [1.165, 1.54) is 0 Å². The van der Waals surface area contributed by atoms with Crippen LogP contribution in [0.5, 0.6) is 0 Å². The van der Waals surface area contributed by atoms with Gasteiger partial charge < -0.3 is 10.2 Å². The van der Waals surface area contributed by atoms with Crippen molar-refractivity contribution >= 4 is 11.6 Å². The van der Waals surface area contributed by atoms with E-state index in [1.54, 1.807) is 6.33 Å². The Morgan fingerprint density at radius 1 is 1.35 bits per heavy atom. The molecule has 0 aliphatic heterocycles. The second kappa shape index (κ2) is 7.68. The third-order valence-electron chi connectivity index (χ3n) is 3.11. The third-order valence-corrected chi connectivity index (χ3v) is 3.11. The molecule has 1 atom stereocenters. The van der Waals surface area contributed by atoms with Gasteiger partial charge in [-0.25, -0.2) is 9.97 Å². The first-order chi connectivity index (χ1) is 9.51. The first-order valence-corrected chi connectivity index (χ1v) is 7.20. The summed E-state index contributed by atoms with van der Waals surface area (Å²) in [5, 5.41) is 12.3. The highest BCUT2D eigenvalue weighted by molar-refractivity contribution is 5.60. The van der Waals surface area contributed by atoms with E-state index in [4.69, 9.17) is 5.26 Å². The van der Waals surface area contributed by atoms with Crippen LogP contribution < -0.4 is 10.2 Å². The largest absolute Gasteiger partial charge is 0.370 e. The average molecular weight is 275 g/mol. The van der Waals surface area contributed by atoms with Crippen molar-refractivity contribution in [3.05, 3.63) is 11.9 Å². The van der Waals surface area contributed by atoms with E-state index in [0.29, 0.717) is 12.5 Å². The van der Waals surface area contributed by atoms with E-state index >= 15 is 0 Å². The molecule has 0 radical (unpaired) electrons. The number of hydrogen-bond acceptors (Lipinski definition) is 5. The van der Waals surface area contributed by atoms with Gasteiger partial charge in [-0.3, -0.25) is 0 Å². The summed E-state index contributed by atoms with van der Waals surface area (Å²) in [4.78, 5) is 10.8. The first-order valence-electron chi connectivity index (χ1n) is 7.20. The average Bonchev–Trinajstić information content (AvgIpc) is 2.44. The van der Waals surface area contributed by atoms with Crippen LogP contribution in [0.15, 0.2) is 6.33 Å². The third kappa shape index (κ3) is 4.09. The minimum atomic E-state index is -0.0259. The van der Waals surface area contributed by atoms with E-state index in [-0.39, 0.29) is 5.92 Å². The molecule has 1 rings (SSSR count). The summed E-state index contributed by atoms with van der Waals surface area (Å²) in [5.41, 5.74) is 1.12. The Kier molecular flexibility index (Phi) is 6.23. The lowest BCUT2D eigenvalue weighted by molar-refractivity contribution is 0.700. The fraction of sp³-hybridized carbons (Fsp3) is 0.667. The molecule has 5 heteroatoms. The Labute approximate surface area is 122 Å². The molecular weight excluding hydrogens is 250 g/mol. The second-order valence-corrected chi connectivity index (χ2v) is 5.45. The summed E-state index contributed by atoms with van der Waals surface area (Å²) in [6, 6.07) is 2.26. The van der Waals surface area contributed by atoms with Crippen molar-refractivity contribution in [3.8, 4) is 6.07 Å². The highest BCUT2D eigenvalue weighted by atomic mass is 15.2. The molecule has 0 aromatic carbocycles. The van der Waals surface area contributed by atoms with Crippen LogP contribution >= 0.6 is 0 Å². The Hall–Kier alpha value is -1.83. The number of nitrogens with one attached hydrogen (secondary N) is 1. The van der Waals surface area contributed by atoms with E-state index in [9.17, 15) is 0 Å². The zero-order chi connectivity index (χ0) is 15.1. The van der Waals surface area contributed by atoms with Gasteiger partial charge in [0, 0.05) is 25.7 Å². The molecule has 1 unspecified atom stereocenters. The van der Waals surface area contributed by atoms with Crippen LogP contribution in [-0.4, -0.2) is 30.1 Å². The van der Waals surface area contributed by atoms with E-state index in [2.05, 4.69) is 42.1 Å². The van der Waals surface area contributed by atoms with Crippen LogP contribution in [0.1, 0.15) is 45.6 Å². The maximum Gasteiger partial charge on any atom is 0.137 e. The molecule has 20 heavy (non-hydrogen) atoms. The number of hydrogen-bond donors (Lipinski definition) is 1. The zero-order valence-electron chi connectivity index (χ0n) is 13.1. The standard InChI is InChI=1S/C15H25N5/c1-6-7-17-14-13(11(2)3)15(19-10-18-14)20(5)9-12(4)8-16/h10-12H,6-7,9H2,1-5H3,(H,17,18,19). The number of nitriles is 1. The van der Waals surface area contributed by atoms with E-state index in [1.807, 2.05) is 18.9 Å². The molecule has 1 aromatic rings. The maximum absolute atomic E-state index is 8.96. The van der Waals surface area contributed by atoms with Crippen LogP contribution in [0.3, 0.4) is 0 Å². The molecule has 0 saturated heterocycles. The first kappa shape index (κ1) is 16.2. The predicted octanol–water partition coefficient (Wildman–Crippen LogP) is 3.02. The SMILES string of the molecule is CCCNc1ncnc(N(C)CC(C)C#N)c1C(C)C. The topological polar surface area (TPSA) is 64.8 Å². The monoisotopic (exact) mass is 275 g/mol. The van der Waals surface area contributed by atoms with Gasteiger partial charge in [0.2, 0.25) is 0 Å². The van der Waals surface area contributed by atoms with Crippen molar-refractivity contribution in [2.24, 2.45) is 5.92 Å². The Bertz CT molecular complexity index is 464. The molecule has 110 valence electrons. The van der Waals surface area contributed by atoms with Gasteiger partial charge in [0.15, 0.2) is 0 Å². The minimum Gasteiger partial charge on any atom is -0.370 e. The van der Waals surface area contributed by atoms with Gasteiger partial charge in [0.05, 0.1) is 12.0 Å². The number of anilines is 2. The smallest absolute Gasteiger partial charge is 0.137 e. The summed E-state index contributed by atoms with van der Waals surface area (Å²) >= 11 is 0. The molecule has 1 N–H and O–H groups in total. The van der Waals surface area contributed by atoms with Crippen LogP contribution in [0, 0.1) is 17.2 Å². The Morgan fingerprint density at radius 2 is 2.05 bits per heavy atom. The number of aromatic nitrogens is 2. The molecule has 0 spiro atoms. The maximum atomic E-state index is 8.96. The van der Waals surface area contributed by atoms with E-state index < -0.39 is 0 Å². The Balaban J connectivity index is 3.08. The zero-order valence-corrected chi connectivity index (χ0v) is 13.1. The van der Waals surface area contributed by atoms with Gasteiger partial charge in [-0.05, 0) is 19.3 Å². The Morgan fingerprint density at radius 3 is 2.60 bits per heavy atom. The van der Waals surface area contributed by atoms with Gasteiger partial charge >= 0.3 is 0 Å². The summed E-state index contributed by atoms with van der Waals surface area (Å²) in [5.74, 6) is 2.12. The molecule has 1 heterocycles. The van der Waals surface area contributed by atoms with Crippen molar-refractivity contribution in [1.82, 2.24) is 9.97 Å². The highest BCUT2D eigenvalue weighted by Gasteiger charge is 2.18. The van der Waals surface area contributed by atoms with Crippen molar-refractivity contribution in [3.63, 3.8) is 0 Å². The minimum absolute atomic E-state index is 0.0259. The fourth-order valence-corrected chi connectivity index (χ4v) is 2.14. The summed E-state index contributed by atoms with van der Waals surface area (Å²) < 4.78 is 0. The molecule has 0 aliphatic rings. The van der Waals surface area contributed by atoms with Crippen molar-refractivity contribution in [1.29, 1.82) is 5.26 Å².